The second kappa shape index (κ2) is 7.58. The van der Waals surface area contributed by atoms with E-state index >= 15 is 0 Å². The molecule has 2 fully saturated rings. The number of ether oxygens (including phenoxy) is 1. The summed E-state index contributed by atoms with van der Waals surface area (Å²) < 4.78 is 11.2. The van der Waals surface area contributed by atoms with Crippen molar-refractivity contribution in [3.05, 3.63) is 35.0 Å². The maximum absolute atomic E-state index is 12.9. The molecule has 2 aromatic heterocycles. The van der Waals surface area contributed by atoms with Gasteiger partial charge in [-0.2, -0.15) is 0 Å². The first-order valence-corrected chi connectivity index (χ1v) is 11.3. The number of carbonyl (C=O) groups is 1. The first kappa shape index (κ1) is 20.4. The second-order valence-electron chi connectivity index (χ2n) is 10.2. The van der Waals surface area contributed by atoms with Crippen molar-refractivity contribution < 1.29 is 14.1 Å². The summed E-state index contributed by atoms with van der Waals surface area (Å²) in [5.74, 6) is 1.79. The molecule has 1 N–H and O–H groups in total. The normalized spacial score (nSPS) is 27.6. The van der Waals surface area contributed by atoms with E-state index in [4.69, 9.17) is 14.2 Å². The Kier molecular flexibility index (Phi) is 5.00. The first-order valence-electron chi connectivity index (χ1n) is 11.3. The van der Waals surface area contributed by atoms with Gasteiger partial charge >= 0.3 is 0 Å². The van der Waals surface area contributed by atoms with Gasteiger partial charge in [0, 0.05) is 36.8 Å². The number of hydrogen-bond acceptors (Lipinski definition) is 7. The highest BCUT2D eigenvalue weighted by Crippen LogP contribution is 2.41. The highest BCUT2D eigenvalue weighted by Gasteiger charge is 2.36. The lowest BCUT2D eigenvalue weighted by Crippen LogP contribution is -2.46. The van der Waals surface area contributed by atoms with Gasteiger partial charge in [-0.15, -0.1) is 0 Å². The van der Waals surface area contributed by atoms with Crippen molar-refractivity contribution in [2.75, 3.05) is 18.0 Å². The number of amides is 1. The number of nitrogens with one attached hydrogen (secondary N) is 1. The van der Waals surface area contributed by atoms with Crippen molar-refractivity contribution in [2.45, 2.75) is 77.5 Å². The van der Waals surface area contributed by atoms with E-state index in [2.05, 4.69) is 48.1 Å². The molecule has 0 bridgehead atoms. The number of morpholine rings is 1. The van der Waals surface area contributed by atoms with Crippen LogP contribution in [0.15, 0.2) is 16.8 Å². The standard InChI is InChI=1S/C23H31N5O3/c1-13-11-28(12-14(2)30-13)22-24-10-16-18(8-23(3,4)9-19(16)26-22)25-21(29)17-7-20(31-27-17)15-5-6-15/h7,10,13-15,18H,5-6,8-9,11-12H2,1-4H3,(H,25,29)/t13-,14+,18-/m1/s1. The van der Waals surface area contributed by atoms with Gasteiger partial charge in [0.05, 0.1) is 23.9 Å². The Morgan fingerprint density at radius 1 is 1.23 bits per heavy atom. The lowest BCUT2D eigenvalue weighted by Gasteiger charge is -2.38. The second-order valence-corrected chi connectivity index (χ2v) is 10.2. The van der Waals surface area contributed by atoms with Gasteiger partial charge in [0.25, 0.3) is 5.91 Å². The van der Waals surface area contributed by atoms with Gasteiger partial charge in [-0.25, -0.2) is 9.97 Å². The molecule has 0 unspecified atom stereocenters. The van der Waals surface area contributed by atoms with Gasteiger partial charge in [0.2, 0.25) is 5.95 Å². The first-order chi connectivity index (χ1) is 14.8. The van der Waals surface area contributed by atoms with Crippen molar-refractivity contribution in [2.24, 2.45) is 5.41 Å². The Morgan fingerprint density at radius 3 is 2.68 bits per heavy atom. The fraction of sp³-hybridized carbons (Fsp3) is 0.652. The molecule has 1 saturated heterocycles. The highest BCUT2D eigenvalue weighted by molar-refractivity contribution is 5.92. The number of hydrogen-bond donors (Lipinski definition) is 1. The molecule has 2 aromatic rings. The van der Waals surface area contributed by atoms with E-state index in [9.17, 15) is 4.79 Å². The molecular weight excluding hydrogens is 394 g/mol. The molecule has 3 atom stereocenters. The maximum atomic E-state index is 12.9. The minimum Gasteiger partial charge on any atom is -0.372 e. The summed E-state index contributed by atoms with van der Waals surface area (Å²) in [6, 6.07) is 1.63. The molecule has 0 spiro atoms. The third kappa shape index (κ3) is 4.31. The van der Waals surface area contributed by atoms with Crippen LogP contribution >= 0.6 is 0 Å². The van der Waals surface area contributed by atoms with E-state index in [1.165, 1.54) is 0 Å². The molecule has 2 aliphatic carbocycles. The molecule has 8 heteroatoms. The van der Waals surface area contributed by atoms with Gasteiger partial charge < -0.3 is 19.5 Å². The van der Waals surface area contributed by atoms with Crippen molar-refractivity contribution in [1.82, 2.24) is 20.4 Å². The van der Waals surface area contributed by atoms with Crippen LogP contribution < -0.4 is 10.2 Å². The zero-order valence-electron chi connectivity index (χ0n) is 18.7. The van der Waals surface area contributed by atoms with E-state index in [0.717, 1.165) is 61.7 Å². The van der Waals surface area contributed by atoms with Crippen molar-refractivity contribution in [3.63, 3.8) is 0 Å². The van der Waals surface area contributed by atoms with Crippen molar-refractivity contribution >= 4 is 11.9 Å². The van der Waals surface area contributed by atoms with E-state index in [1.807, 2.05) is 6.20 Å². The highest BCUT2D eigenvalue weighted by atomic mass is 16.5. The molecule has 8 nitrogen and oxygen atoms in total. The molecule has 1 amide bonds. The third-order valence-electron chi connectivity index (χ3n) is 6.41. The van der Waals surface area contributed by atoms with Crippen LogP contribution in [-0.2, 0) is 11.2 Å². The van der Waals surface area contributed by atoms with Crippen LogP contribution in [-0.4, -0.2) is 46.3 Å². The number of anilines is 1. The molecule has 3 aliphatic rings. The topological polar surface area (TPSA) is 93.4 Å². The summed E-state index contributed by atoms with van der Waals surface area (Å²) >= 11 is 0. The van der Waals surface area contributed by atoms with Gasteiger partial charge in [-0.3, -0.25) is 4.79 Å². The van der Waals surface area contributed by atoms with Crippen LogP contribution in [0.1, 0.15) is 86.4 Å². The lowest BCUT2D eigenvalue weighted by atomic mass is 9.74. The van der Waals surface area contributed by atoms with Gasteiger partial charge in [0.15, 0.2) is 5.69 Å². The predicted octanol–water partition coefficient (Wildman–Crippen LogP) is 3.40. The Bertz CT molecular complexity index is 973. The fourth-order valence-corrected chi connectivity index (χ4v) is 4.85. The predicted molar refractivity (Wildman–Crippen MR) is 115 cm³/mol. The van der Waals surface area contributed by atoms with Crippen LogP contribution in [0.4, 0.5) is 5.95 Å². The maximum Gasteiger partial charge on any atom is 0.273 e. The monoisotopic (exact) mass is 425 g/mol. The molecule has 1 aliphatic heterocycles. The van der Waals surface area contributed by atoms with Crippen LogP contribution in [0.5, 0.6) is 0 Å². The SMILES string of the molecule is C[C@@H]1CN(c2ncc3c(n2)CC(C)(C)C[C@H]3NC(=O)c2cc(C3CC3)on2)C[C@H](C)O1. The van der Waals surface area contributed by atoms with Crippen LogP contribution in [0, 0.1) is 5.41 Å². The van der Waals surface area contributed by atoms with Crippen LogP contribution in [0.2, 0.25) is 0 Å². The average Bonchev–Trinajstić information content (AvgIpc) is 3.42. The molecule has 3 heterocycles. The third-order valence-corrected chi connectivity index (χ3v) is 6.41. The van der Waals surface area contributed by atoms with Gasteiger partial charge in [0.1, 0.15) is 5.76 Å². The zero-order chi connectivity index (χ0) is 21.8. The zero-order valence-corrected chi connectivity index (χ0v) is 18.7. The molecule has 166 valence electrons. The van der Waals surface area contributed by atoms with E-state index in [0.29, 0.717) is 11.6 Å². The summed E-state index contributed by atoms with van der Waals surface area (Å²) in [4.78, 5) is 24.7. The smallest absolute Gasteiger partial charge is 0.273 e. The number of aromatic nitrogens is 3. The van der Waals surface area contributed by atoms with Crippen LogP contribution in [0.25, 0.3) is 0 Å². The number of rotatable bonds is 4. The molecular formula is C23H31N5O3. The van der Waals surface area contributed by atoms with Gasteiger partial charge in [-0.1, -0.05) is 19.0 Å². The molecule has 31 heavy (non-hydrogen) atoms. The molecule has 5 rings (SSSR count). The van der Waals surface area contributed by atoms with E-state index in [-0.39, 0.29) is 29.6 Å². The number of carbonyl (C=O) groups excluding carboxylic acids is 1. The minimum atomic E-state index is -0.204. The summed E-state index contributed by atoms with van der Waals surface area (Å²) in [6.07, 6.45) is 6.09. The Balaban J connectivity index is 1.37. The quantitative estimate of drug-likeness (QED) is 0.802. The molecule has 0 radical (unpaired) electrons. The Labute approximate surface area is 182 Å². The van der Waals surface area contributed by atoms with E-state index in [1.54, 1.807) is 6.07 Å². The summed E-state index contributed by atoms with van der Waals surface area (Å²) in [6.45, 7) is 10.2. The summed E-state index contributed by atoms with van der Waals surface area (Å²) in [5.41, 5.74) is 2.38. The summed E-state index contributed by atoms with van der Waals surface area (Å²) in [7, 11) is 0. The lowest BCUT2D eigenvalue weighted by molar-refractivity contribution is -0.00575. The van der Waals surface area contributed by atoms with Gasteiger partial charge in [-0.05, 0) is 44.9 Å². The Hall–Kier alpha value is -2.48. The van der Waals surface area contributed by atoms with E-state index < -0.39 is 0 Å². The molecule has 1 saturated carbocycles. The average molecular weight is 426 g/mol. The molecule has 0 aromatic carbocycles. The minimum absolute atomic E-state index is 0.0190. The number of nitrogens with zero attached hydrogens (tertiary/aromatic N) is 4. The van der Waals surface area contributed by atoms with Crippen LogP contribution in [0.3, 0.4) is 0 Å². The van der Waals surface area contributed by atoms with Crippen molar-refractivity contribution in [1.29, 1.82) is 0 Å². The largest absolute Gasteiger partial charge is 0.372 e. The fourth-order valence-electron chi connectivity index (χ4n) is 4.85. The number of fused-ring (bicyclic) bond motifs is 1. The Morgan fingerprint density at radius 2 is 1.97 bits per heavy atom. The van der Waals surface area contributed by atoms with Crippen molar-refractivity contribution in [3.8, 4) is 0 Å². The summed E-state index contributed by atoms with van der Waals surface area (Å²) in [5, 5.41) is 7.15.